The van der Waals surface area contributed by atoms with Crippen molar-refractivity contribution in [1.82, 2.24) is 20.0 Å². The zero-order chi connectivity index (χ0) is 11.8. The van der Waals surface area contributed by atoms with Gasteiger partial charge < -0.3 is 15.2 Å². The molecule has 2 heterocycles. The van der Waals surface area contributed by atoms with Gasteiger partial charge in [-0.1, -0.05) is 0 Å². The third kappa shape index (κ3) is 2.15. The quantitative estimate of drug-likeness (QED) is 0.805. The van der Waals surface area contributed by atoms with Crippen molar-refractivity contribution in [2.45, 2.75) is 19.4 Å². The minimum atomic E-state index is -3.03. The molecule has 0 aliphatic rings. The van der Waals surface area contributed by atoms with Crippen molar-refractivity contribution in [1.29, 1.82) is 0 Å². The van der Waals surface area contributed by atoms with Crippen LogP contribution in [0.25, 0.3) is 5.73 Å². The van der Waals surface area contributed by atoms with Crippen LogP contribution in [0.1, 0.15) is 18.5 Å². The Kier molecular flexibility index (Phi) is 2.33. The van der Waals surface area contributed by atoms with Crippen molar-refractivity contribution >= 4 is 5.82 Å². The first-order valence-corrected chi connectivity index (χ1v) is 4.39. The second kappa shape index (κ2) is 3.54. The van der Waals surface area contributed by atoms with Crippen LogP contribution in [-0.2, 0) is 12.5 Å². The minimum absolute atomic E-state index is 0.00685. The number of hydrogen-bond donors (Lipinski definition) is 0. The second-order valence-electron chi connectivity index (χ2n) is 3.28. The molecule has 0 saturated heterocycles. The Bertz CT molecular complexity index is 487. The van der Waals surface area contributed by atoms with Gasteiger partial charge in [0.1, 0.15) is 18.5 Å². The van der Waals surface area contributed by atoms with Gasteiger partial charge in [0, 0.05) is 13.1 Å². The predicted molar refractivity (Wildman–Crippen MR) is 49.2 cm³/mol. The summed E-state index contributed by atoms with van der Waals surface area (Å²) in [7, 11) is 0. The third-order valence-corrected chi connectivity index (χ3v) is 1.81. The molecule has 16 heavy (non-hydrogen) atoms. The lowest BCUT2D eigenvalue weighted by Gasteiger charge is -2.03. The second-order valence-corrected chi connectivity index (χ2v) is 3.28. The molecule has 0 unspecified atom stereocenters. The Labute approximate surface area is 89.1 Å². The topological polar surface area (TPSA) is 80.5 Å². The minimum Gasteiger partial charge on any atom is -0.480 e. The highest BCUT2D eigenvalue weighted by Crippen LogP contribution is 2.25. The highest BCUT2D eigenvalue weighted by Gasteiger charge is 2.28. The Morgan fingerprint density at radius 1 is 1.56 bits per heavy atom. The summed E-state index contributed by atoms with van der Waals surface area (Å²) in [6.07, 6.45) is 2.14. The molecule has 0 aromatic carbocycles. The molecule has 2 aromatic rings. The highest BCUT2D eigenvalue weighted by molar-refractivity contribution is 5.26. The molecular weight excluding hydrogens is 220 g/mol. The summed E-state index contributed by atoms with van der Waals surface area (Å²) in [5.74, 6) is -2.96. The van der Waals surface area contributed by atoms with Crippen LogP contribution in [-0.4, -0.2) is 20.0 Å². The number of halogens is 2. The van der Waals surface area contributed by atoms with Crippen LogP contribution in [0.15, 0.2) is 16.9 Å². The van der Waals surface area contributed by atoms with E-state index in [-0.39, 0.29) is 18.3 Å². The van der Waals surface area contributed by atoms with Gasteiger partial charge in [0.05, 0.1) is 0 Å². The fourth-order valence-corrected chi connectivity index (χ4v) is 1.08. The van der Waals surface area contributed by atoms with Gasteiger partial charge in [0.2, 0.25) is 5.89 Å². The molecule has 0 bridgehead atoms. The Morgan fingerprint density at radius 3 is 2.81 bits per heavy atom. The summed E-state index contributed by atoms with van der Waals surface area (Å²) < 4.78 is 30.5. The van der Waals surface area contributed by atoms with E-state index in [2.05, 4.69) is 15.2 Å². The zero-order valence-corrected chi connectivity index (χ0v) is 8.31. The maximum absolute atomic E-state index is 12.8. The van der Waals surface area contributed by atoms with E-state index in [0.29, 0.717) is 0 Å². The highest BCUT2D eigenvalue weighted by atomic mass is 19.3. The van der Waals surface area contributed by atoms with E-state index in [1.54, 1.807) is 0 Å². The predicted octanol–water partition coefficient (Wildman–Crippen LogP) is 2.11. The van der Waals surface area contributed by atoms with Crippen molar-refractivity contribution in [3.8, 4) is 0 Å². The molecule has 0 fully saturated rings. The Hall–Kier alpha value is -1.99. The first-order valence-electron chi connectivity index (χ1n) is 4.39. The number of nitrogens with one attached hydrogen (secondary N) is 1. The zero-order valence-electron chi connectivity index (χ0n) is 8.31. The van der Waals surface area contributed by atoms with Crippen LogP contribution in [0.5, 0.6) is 0 Å². The number of rotatable bonds is 3. The lowest BCUT2D eigenvalue weighted by Crippen LogP contribution is -2.08. The van der Waals surface area contributed by atoms with Crippen LogP contribution in [0, 0.1) is 0 Å². The van der Waals surface area contributed by atoms with Crippen molar-refractivity contribution in [2.24, 2.45) is 0 Å². The molecule has 0 radical (unpaired) electrons. The van der Waals surface area contributed by atoms with E-state index in [1.165, 1.54) is 6.20 Å². The molecule has 0 aliphatic carbocycles. The van der Waals surface area contributed by atoms with Crippen molar-refractivity contribution in [2.75, 3.05) is 0 Å². The van der Waals surface area contributed by atoms with Gasteiger partial charge in [-0.05, 0) is 5.82 Å². The van der Waals surface area contributed by atoms with E-state index in [4.69, 9.17) is 10.2 Å². The standard InChI is InChI=1S/C8H8F2N5O/c1-8(9,10)5-4-16-7(13-5)3-15-12-2-6(11)14-15/h2,4H,3H2,1H3,(H-,11,14)/q-1. The van der Waals surface area contributed by atoms with Gasteiger partial charge in [-0.3, -0.25) is 4.80 Å². The number of hydrogen-bond acceptors (Lipinski definition) is 4. The first kappa shape index (κ1) is 10.5. The lowest BCUT2D eigenvalue weighted by atomic mass is 10.3. The van der Waals surface area contributed by atoms with Crippen LogP contribution in [0.4, 0.5) is 14.6 Å². The molecule has 1 N–H and O–H groups in total. The first-order chi connectivity index (χ1) is 7.45. The fraction of sp³-hybridized carbons (Fsp3) is 0.375. The summed E-state index contributed by atoms with van der Waals surface area (Å²) >= 11 is 0. The summed E-state index contributed by atoms with van der Waals surface area (Å²) in [6.45, 7) is 0.762. The van der Waals surface area contributed by atoms with Crippen LogP contribution < -0.4 is 0 Å². The SMILES string of the molecule is CC(F)(F)c1coc(Cn2ncc([NH-])n2)n1. The summed E-state index contributed by atoms with van der Waals surface area (Å²) in [5.41, 5.74) is 6.69. The fourth-order valence-electron chi connectivity index (χ4n) is 1.08. The van der Waals surface area contributed by atoms with Crippen LogP contribution in [0.2, 0.25) is 0 Å². The van der Waals surface area contributed by atoms with Gasteiger partial charge in [-0.2, -0.15) is 13.9 Å². The molecule has 0 spiro atoms. The van der Waals surface area contributed by atoms with Crippen molar-refractivity contribution < 1.29 is 13.2 Å². The molecule has 0 amide bonds. The van der Waals surface area contributed by atoms with Gasteiger partial charge >= 0.3 is 0 Å². The number of oxazole rings is 1. The van der Waals surface area contributed by atoms with Gasteiger partial charge in [0.15, 0.2) is 0 Å². The normalized spacial score (nSPS) is 11.9. The Balaban J connectivity index is 2.14. The average molecular weight is 228 g/mol. The maximum atomic E-state index is 12.8. The summed E-state index contributed by atoms with van der Waals surface area (Å²) in [6, 6.07) is 0. The van der Waals surface area contributed by atoms with E-state index in [1.807, 2.05) is 0 Å². The van der Waals surface area contributed by atoms with Crippen LogP contribution in [0.3, 0.4) is 0 Å². The number of alkyl halides is 2. The van der Waals surface area contributed by atoms with Crippen molar-refractivity contribution in [3.63, 3.8) is 0 Å². The van der Waals surface area contributed by atoms with Gasteiger partial charge in [-0.25, -0.2) is 4.98 Å². The summed E-state index contributed by atoms with van der Waals surface area (Å²) in [5, 5.41) is 7.38. The smallest absolute Gasteiger partial charge is 0.290 e. The molecule has 2 aromatic heterocycles. The third-order valence-electron chi connectivity index (χ3n) is 1.81. The average Bonchev–Trinajstić information content (AvgIpc) is 2.74. The van der Waals surface area contributed by atoms with E-state index >= 15 is 0 Å². The monoisotopic (exact) mass is 228 g/mol. The van der Waals surface area contributed by atoms with Crippen LogP contribution >= 0.6 is 0 Å². The molecule has 2 rings (SSSR count). The number of aromatic nitrogens is 4. The molecule has 8 heteroatoms. The van der Waals surface area contributed by atoms with Crippen molar-refractivity contribution in [3.05, 3.63) is 29.8 Å². The van der Waals surface area contributed by atoms with E-state index < -0.39 is 11.6 Å². The Morgan fingerprint density at radius 2 is 2.31 bits per heavy atom. The largest absolute Gasteiger partial charge is 0.480 e. The molecule has 86 valence electrons. The maximum Gasteiger partial charge on any atom is 0.290 e. The van der Waals surface area contributed by atoms with Gasteiger partial charge in [-0.15, -0.1) is 0 Å². The van der Waals surface area contributed by atoms with Gasteiger partial charge in [0.25, 0.3) is 5.92 Å². The molecule has 6 nitrogen and oxygen atoms in total. The lowest BCUT2D eigenvalue weighted by molar-refractivity contribution is 0.0126. The van der Waals surface area contributed by atoms with E-state index in [0.717, 1.165) is 18.0 Å². The molecule has 0 aliphatic heterocycles. The molecular formula is C8H8F2N5O-. The van der Waals surface area contributed by atoms with E-state index in [9.17, 15) is 8.78 Å². The molecule has 0 saturated carbocycles. The summed E-state index contributed by atoms with van der Waals surface area (Å²) in [4.78, 5) is 4.75. The molecule has 0 atom stereocenters. The number of nitrogens with zero attached hydrogens (tertiary/aromatic N) is 4.